The van der Waals surface area contributed by atoms with E-state index in [-0.39, 0.29) is 23.3 Å². The first kappa shape index (κ1) is 17.9. The van der Waals surface area contributed by atoms with Crippen LogP contribution in [-0.4, -0.2) is 48.1 Å². The summed E-state index contributed by atoms with van der Waals surface area (Å²) in [4.78, 5) is 25.4. The fourth-order valence-electron chi connectivity index (χ4n) is 5.30. The zero-order valence-corrected chi connectivity index (χ0v) is 15.3. The number of methoxy groups -OCH3 is 1. The van der Waals surface area contributed by atoms with Crippen molar-refractivity contribution in [2.45, 2.75) is 95.9 Å². The van der Waals surface area contributed by atoms with Crippen LogP contribution in [0.25, 0.3) is 0 Å². The van der Waals surface area contributed by atoms with Gasteiger partial charge in [-0.3, -0.25) is 14.5 Å². The van der Waals surface area contributed by atoms with Crippen molar-refractivity contribution in [2.75, 3.05) is 7.11 Å². The van der Waals surface area contributed by atoms with Gasteiger partial charge in [-0.15, -0.1) is 0 Å². The average molecular weight is 336 g/mol. The van der Waals surface area contributed by atoms with E-state index in [2.05, 4.69) is 19.2 Å². The Morgan fingerprint density at radius 1 is 1.08 bits per heavy atom. The SMILES string of the molecule is CCC1(CC)[C@@H](NC2CCC(N3C(=O)CCC3=O)CC2)C[C@@H]1OC. The van der Waals surface area contributed by atoms with Gasteiger partial charge >= 0.3 is 0 Å². The summed E-state index contributed by atoms with van der Waals surface area (Å²) in [5.41, 5.74) is 0.270. The highest BCUT2D eigenvalue weighted by molar-refractivity contribution is 6.02. The number of nitrogens with zero attached hydrogens (tertiary/aromatic N) is 1. The van der Waals surface area contributed by atoms with E-state index in [0.717, 1.165) is 44.9 Å². The van der Waals surface area contributed by atoms with E-state index in [9.17, 15) is 9.59 Å². The lowest BCUT2D eigenvalue weighted by atomic mass is 9.58. The minimum atomic E-state index is 0.0364. The Kier molecular flexibility index (Phi) is 5.30. The normalized spacial score (nSPS) is 36.0. The third-order valence-electron chi connectivity index (χ3n) is 6.97. The number of hydrogen-bond acceptors (Lipinski definition) is 4. The number of likely N-dealkylation sites (tertiary alicyclic amines) is 1. The summed E-state index contributed by atoms with van der Waals surface area (Å²) < 4.78 is 5.69. The molecule has 5 nitrogen and oxygen atoms in total. The van der Waals surface area contributed by atoms with Gasteiger partial charge < -0.3 is 10.1 Å². The number of carbonyl (C=O) groups is 2. The Bertz CT molecular complexity index is 465. The highest BCUT2D eigenvalue weighted by Crippen LogP contribution is 2.49. The lowest BCUT2D eigenvalue weighted by Crippen LogP contribution is -2.65. The van der Waals surface area contributed by atoms with Crippen LogP contribution < -0.4 is 5.32 Å². The molecule has 0 bridgehead atoms. The van der Waals surface area contributed by atoms with Gasteiger partial charge in [-0.1, -0.05) is 13.8 Å². The quantitative estimate of drug-likeness (QED) is 0.758. The Labute approximate surface area is 145 Å². The Balaban J connectivity index is 1.53. The Morgan fingerprint density at radius 2 is 1.67 bits per heavy atom. The molecule has 2 aliphatic carbocycles. The van der Waals surface area contributed by atoms with Crippen LogP contribution in [0.2, 0.25) is 0 Å². The zero-order chi connectivity index (χ0) is 17.3. The minimum Gasteiger partial charge on any atom is -0.381 e. The smallest absolute Gasteiger partial charge is 0.229 e. The summed E-state index contributed by atoms with van der Waals surface area (Å²) in [5, 5.41) is 3.88. The first-order valence-electron chi connectivity index (χ1n) is 9.69. The summed E-state index contributed by atoms with van der Waals surface area (Å²) in [7, 11) is 1.83. The van der Waals surface area contributed by atoms with E-state index in [4.69, 9.17) is 4.74 Å². The molecule has 0 aromatic heterocycles. The average Bonchev–Trinajstić information content (AvgIpc) is 2.92. The molecule has 3 rings (SSSR count). The second-order valence-corrected chi connectivity index (χ2v) is 7.78. The van der Waals surface area contributed by atoms with Gasteiger partial charge in [0.15, 0.2) is 0 Å². The molecular weight excluding hydrogens is 304 g/mol. The molecule has 0 radical (unpaired) electrons. The predicted octanol–water partition coefficient (Wildman–Crippen LogP) is 2.63. The Hall–Kier alpha value is -0.940. The highest BCUT2D eigenvalue weighted by Gasteiger charge is 2.53. The van der Waals surface area contributed by atoms with Crippen LogP contribution >= 0.6 is 0 Å². The molecule has 1 N–H and O–H groups in total. The van der Waals surface area contributed by atoms with E-state index < -0.39 is 0 Å². The highest BCUT2D eigenvalue weighted by atomic mass is 16.5. The minimum absolute atomic E-state index is 0.0364. The predicted molar refractivity (Wildman–Crippen MR) is 92.5 cm³/mol. The van der Waals surface area contributed by atoms with Crippen molar-refractivity contribution in [2.24, 2.45) is 5.41 Å². The van der Waals surface area contributed by atoms with E-state index >= 15 is 0 Å². The first-order chi connectivity index (χ1) is 11.6. The van der Waals surface area contributed by atoms with Gasteiger partial charge in [-0.05, 0) is 44.9 Å². The van der Waals surface area contributed by atoms with Gasteiger partial charge in [0.05, 0.1) is 6.10 Å². The monoisotopic (exact) mass is 336 g/mol. The maximum absolute atomic E-state index is 11.9. The van der Waals surface area contributed by atoms with Gasteiger partial charge in [-0.25, -0.2) is 0 Å². The van der Waals surface area contributed by atoms with Crippen molar-refractivity contribution in [3.05, 3.63) is 0 Å². The van der Waals surface area contributed by atoms with Gasteiger partial charge in [0.1, 0.15) is 0 Å². The summed E-state index contributed by atoms with van der Waals surface area (Å²) in [6.07, 6.45) is 8.58. The number of hydrogen-bond donors (Lipinski definition) is 1. The van der Waals surface area contributed by atoms with Crippen LogP contribution in [0.4, 0.5) is 0 Å². The van der Waals surface area contributed by atoms with Crippen LogP contribution in [0.3, 0.4) is 0 Å². The number of ether oxygens (including phenoxy) is 1. The lowest BCUT2D eigenvalue weighted by Gasteiger charge is -2.56. The van der Waals surface area contributed by atoms with Gasteiger partial charge in [-0.2, -0.15) is 0 Å². The molecule has 0 aromatic rings. The number of rotatable bonds is 6. The summed E-state index contributed by atoms with van der Waals surface area (Å²) in [6, 6.07) is 1.18. The third kappa shape index (κ3) is 2.90. The number of carbonyl (C=O) groups excluding carboxylic acids is 2. The number of amides is 2. The maximum atomic E-state index is 11.9. The van der Waals surface area contributed by atoms with Crippen LogP contribution in [0.5, 0.6) is 0 Å². The third-order valence-corrected chi connectivity index (χ3v) is 6.97. The van der Waals surface area contributed by atoms with Crippen LogP contribution in [-0.2, 0) is 14.3 Å². The molecule has 2 saturated carbocycles. The topological polar surface area (TPSA) is 58.6 Å². The van der Waals surface area contributed by atoms with E-state index in [1.54, 1.807) is 4.90 Å². The molecule has 2 atom stereocenters. The molecule has 0 aromatic carbocycles. The summed E-state index contributed by atoms with van der Waals surface area (Å²) >= 11 is 0. The van der Waals surface area contributed by atoms with Crippen molar-refractivity contribution >= 4 is 11.8 Å². The van der Waals surface area contributed by atoms with Gasteiger partial charge in [0.2, 0.25) is 11.8 Å². The van der Waals surface area contributed by atoms with Crippen molar-refractivity contribution in [1.82, 2.24) is 10.2 Å². The molecular formula is C19H32N2O3. The van der Waals surface area contributed by atoms with Crippen molar-refractivity contribution in [1.29, 1.82) is 0 Å². The molecule has 0 unspecified atom stereocenters. The van der Waals surface area contributed by atoms with E-state index in [1.807, 2.05) is 7.11 Å². The Morgan fingerprint density at radius 3 is 2.17 bits per heavy atom. The first-order valence-corrected chi connectivity index (χ1v) is 9.69. The molecule has 2 amide bonds. The van der Waals surface area contributed by atoms with Crippen LogP contribution in [0, 0.1) is 5.41 Å². The molecule has 1 heterocycles. The summed E-state index contributed by atoms with van der Waals surface area (Å²) in [6.45, 7) is 4.54. The second-order valence-electron chi connectivity index (χ2n) is 7.78. The molecule has 3 aliphatic rings. The molecule has 1 saturated heterocycles. The van der Waals surface area contributed by atoms with Crippen molar-refractivity contribution in [3.63, 3.8) is 0 Å². The molecule has 5 heteroatoms. The number of imide groups is 1. The second kappa shape index (κ2) is 7.12. The lowest BCUT2D eigenvalue weighted by molar-refractivity contribution is -0.142. The molecule has 24 heavy (non-hydrogen) atoms. The van der Waals surface area contributed by atoms with Crippen molar-refractivity contribution < 1.29 is 14.3 Å². The zero-order valence-electron chi connectivity index (χ0n) is 15.3. The molecule has 1 aliphatic heterocycles. The van der Waals surface area contributed by atoms with Gasteiger partial charge in [0, 0.05) is 43.5 Å². The summed E-state index contributed by atoms with van der Waals surface area (Å²) in [5.74, 6) is 0.0728. The number of nitrogens with one attached hydrogen (secondary N) is 1. The van der Waals surface area contributed by atoms with Crippen molar-refractivity contribution in [3.8, 4) is 0 Å². The van der Waals surface area contributed by atoms with E-state index in [1.165, 1.54) is 0 Å². The fraction of sp³-hybridized carbons (Fsp3) is 0.895. The standard InChI is InChI=1S/C19H32N2O3/c1-4-19(5-2)15(12-16(19)24-3)20-13-6-8-14(9-7-13)21-17(22)10-11-18(21)23/h13-16,20H,4-12H2,1-3H3/t13?,14?,15-,16-/m0/s1. The molecule has 3 fully saturated rings. The fourth-order valence-corrected chi connectivity index (χ4v) is 5.30. The molecule has 0 spiro atoms. The van der Waals surface area contributed by atoms with Gasteiger partial charge in [0.25, 0.3) is 0 Å². The largest absolute Gasteiger partial charge is 0.381 e. The maximum Gasteiger partial charge on any atom is 0.229 e. The van der Waals surface area contributed by atoms with Crippen LogP contribution in [0.15, 0.2) is 0 Å². The molecule has 136 valence electrons. The van der Waals surface area contributed by atoms with Crippen LogP contribution in [0.1, 0.15) is 71.6 Å². The van der Waals surface area contributed by atoms with E-state index in [0.29, 0.717) is 31.0 Å².